The smallest absolute Gasteiger partial charge is 0.265 e. The van der Waals surface area contributed by atoms with E-state index in [0.29, 0.717) is 5.75 Å². The van der Waals surface area contributed by atoms with E-state index in [0.717, 1.165) is 20.9 Å². The van der Waals surface area contributed by atoms with Crippen molar-refractivity contribution in [2.75, 3.05) is 5.32 Å². The minimum absolute atomic E-state index is 0.190. The predicted octanol–water partition coefficient (Wildman–Crippen LogP) is 5.01. The van der Waals surface area contributed by atoms with Crippen molar-refractivity contribution < 1.29 is 9.53 Å². The van der Waals surface area contributed by atoms with Gasteiger partial charge in [0.2, 0.25) is 0 Å². The quantitative estimate of drug-likeness (QED) is 0.701. The zero-order valence-electron chi connectivity index (χ0n) is 12.6. The molecule has 116 valence electrons. The lowest BCUT2D eigenvalue weighted by molar-refractivity contribution is -0.122. The SMILES string of the molecule is C[C@@H](Oc1ccc2ccccc2c1)C(=O)Nc1ccccc1Br. The van der Waals surface area contributed by atoms with Gasteiger partial charge in [0.15, 0.2) is 6.10 Å². The van der Waals surface area contributed by atoms with E-state index in [1.54, 1.807) is 6.92 Å². The molecular formula is C19H16BrNO2. The molecule has 0 unspecified atom stereocenters. The number of anilines is 1. The number of ether oxygens (including phenoxy) is 1. The van der Waals surface area contributed by atoms with Gasteiger partial charge < -0.3 is 10.1 Å². The second-order valence-electron chi connectivity index (χ2n) is 5.24. The van der Waals surface area contributed by atoms with Gasteiger partial charge in [-0.3, -0.25) is 4.79 Å². The van der Waals surface area contributed by atoms with E-state index >= 15 is 0 Å². The normalized spacial score (nSPS) is 11.9. The predicted molar refractivity (Wildman–Crippen MR) is 96.8 cm³/mol. The van der Waals surface area contributed by atoms with Crippen LogP contribution in [0, 0.1) is 0 Å². The molecule has 1 amide bonds. The number of fused-ring (bicyclic) bond motifs is 1. The lowest BCUT2D eigenvalue weighted by Gasteiger charge is -2.15. The van der Waals surface area contributed by atoms with Crippen molar-refractivity contribution >= 4 is 38.3 Å². The molecule has 3 rings (SSSR count). The van der Waals surface area contributed by atoms with Crippen LogP contribution in [0.3, 0.4) is 0 Å². The first-order valence-corrected chi connectivity index (χ1v) is 8.13. The Morgan fingerprint density at radius 2 is 1.70 bits per heavy atom. The molecule has 0 aliphatic rings. The molecule has 3 aromatic carbocycles. The lowest BCUT2D eigenvalue weighted by atomic mass is 10.1. The van der Waals surface area contributed by atoms with Gasteiger partial charge in [-0.05, 0) is 57.9 Å². The van der Waals surface area contributed by atoms with E-state index in [9.17, 15) is 4.79 Å². The minimum Gasteiger partial charge on any atom is -0.481 e. The minimum atomic E-state index is -0.594. The van der Waals surface area contributed by atoms with Crippen LogP contribution in [0.2, 0.25) is 0 Å². The van der Waals surface area contributed by atoms with E-state index in [1.807, 2.05) is 66.7 Å². The highest BCUT2D eigenvalue weighted by Gasteiger charge is 2.16. The van der Waals surface area contributed by atoms with Gasteiger partial charge in [-0.25, -0.2) is 0 Å². The lowest BCUT2D eigenvalue weighted by Crippen LogP contribution is -2.30. The molecule has 0 aromatic heterocycles. The summed E-state index contributed by atoms with van der Waals surface area (Å²) in [6.07, 6.45) is -0.594. The highest BCUT2D eigenvalue weighted by molar-refractivity contribution is 9.10. The molecule has 0 spiro atoms. The maximum Gasteiger partial charge on any atom is 0.265 e. The van der Waals surface area contributed by atoms with Gasteiger partial charge in [0.25, 0.3) is 5.91 Å². The summed E-state index contributed by atoms with van der Waals surface area (Å²) in [5.74, 6) is 0.489. The number of hydrogen-bond acceptors (Lipinski definition) is 2. The van der Waals surface area contributed by atoms with Crippen LogP contribution in [-0.2, 0) is 4.79 Å². The Labute approximate surface area is 143 Å². The number of carbonyl (C=O) groups is 1. The zero-order valence-corrected chi connectivity index (χ0v) is 14.2. The average molecular weight is 370 g/mol. The fraction of sp³-hybridized carbons (Fsp3) is 0.105. The van der Waals surface area contributed by atoms with Crippen LogP contribution in [0.4, 0.5) is 5.69 Å². The average Bonchev–Trinajstić information content (AvgIpc) is 2.56. The third-order valence-electron chi connectivity index (χ3n) is 3.53. The molecule has 23 heavy (non-hydrogen) atoms. The molecule has 3 nitrogen and oxygen atoms in total. The van der Waals surface area contributed by atoms with Crippen molar-refractivity contribution in [2.45, 2.75) is 13.0 Å². The van der Waals surface area contributed by atoms with Gasteiger partial charge in [-0.2, -0.15) is 0 Å². The number of para-hydroxylation sites is 1. The molecule has 0 fully saturated rings. The molecular weight excluding hydrogens is 354 g/mol. The molecule has 0 aliphatic carbocycles. The largest absolute Gasteiger partial charge is 0.481 e. The monoisotopic (exact) mass is 369 g/mol. The van der Waals surface area contributed by atoms with Crippen LogP contribution in [0.1, 0.15) is 6.92 Å². The Balaban J connectivity index is 1.71. The molecule has 1 atom stereocenters. The van der Waals surface area contributed by atoms with Crippen molar-refractivity contribution in [1.82, 2.24) is 0 Å². The number of hydrogen-bond donors (Lipinski definition) is 1. The number of carbonyl (C=O) groups excluding carboxylic acids is 1. The van der Waals surface area contributed by atoms with Gasteiger partial charge in [-0.1, -0.05) is 42.5 Å². The highest BCUT2D eigenvalue weighted by atomic mass is 79.9. The van der Waals surface area contributed by atoms with E-state index in [-0.39, 0.29) is 5.91 Å². The van der Waals surface area contributed by atoms with Crippen molar-refractivity contribution in [3.05, 3.63) is 71.2 Å². The first-order valence-electron chi connectivity index (χ1n) is 7.34. The third kappa shape index (κ3) is 3.71. The Bertz CT molecular complexity index is 847. The molecule has 0 heterocycles. The fourth-order valence-corrected chi connectivity index (χ4v) is 2.68. The number of amides is 1. The van der Waals surface area contributed by atoms with Crippen molar-refractivity contribution in [3.63, 3.8) is 0 Å². The van der Waals surface area contributed by atoms with Crippen LogP contribution >= 0.6 is 15.9 Å². The number of nitrogens with one attached hydrogen (secondary N) is 1. The number of rotatable bonds is 4. The van der Waals surface area contributed by atoms with E-state index in [2.05, 4.69) is 21.2 Å². The maximum absolute atomic E-state index is 12.3. The van der Waals surface area contributed by atoms with E-state index in [1.165, 1.54) is 0 Å². The summed E-state index contributed by atoms with van der Waals surface area (Å²) < 4.78 is 6.61. The Kier molecular flexibility index (Phi) is 4.63. The van der Waals surface area contributed by atoms with Crippen LogP contribution in [-0.4, -0.2) is 12.0 Å². The van der Waals surface area contributed by atoms with Gasteiger partial charge in [-0.15, -0.1) is 0 Å². The summed E-state index contributed by atoms with van der Waals surface area (Å²) in [6.45, 7) is 1.74. The second-order valence-corrected chi connectivity index (χ2v) is 6.09. The first kappa shape index (κ1) is 15.6. The maximum atomic E-state index is 12.3. The fourth-order valence-electron chi connectivity index (χ4n) is 2.30. The van der Waals surface area contributed by atoms with E-state index < -0.39 is 6.10 Å². The Hall–Kier alpha value is -2.33. The number of halogens is 1. The van der Waals surface area contributed by atoms with Crippen molar-refractivity contribution in [1.29, 1.82) is 0 Å². The van der Waals surface area contributed by atoms with E-state index in [4.69, 9.17) is 4.74 Å². The van der Waals surface area contributed by atoms with Gasteiger partial charge in [0.05, 0.1) is 5.69 Å². The first-order chi connectivity index (χ1) is 11.1. The van der Waals surface area contributed by atoms with Crippen LogP contribution in [0.25, 0.3) is 10.8 Å². The molecule has 1 N–H and O–H groups in total. The second kappa shape index (κ2) is 6.84. The summed E-state index contributed by atoms with van der Waals surface area (Å²) in [5.41, 5.74) is 0.728. The number of benzene rings is 3. The van der Waals surface area contributed by atoms with Crippen LogP contribution in [0.5, 0.6) is 5.75 Å². The highest BCUT2D eigenvalue weighted by Crippen LogP contribution is 2.23. The topological polar surface area (TPSA) is 38.3 Å². The molecule has 0 radical (unpaired) electrons. The molecule has 4 heteroatoms. The summed E-state index contributed by atoms with van der Waals surface area (Å²) in [6, 6.07) is 21.3. The summed E-state index contributed by atoms with van der Waals surface area (Å²) >= 11 is 3.41. The van der Waals surface area contributed by atoms with Crippen molar-refractivity contribution in [2.24, 2.45) is 0 Å². The summed E-state index contributed by atoms with van der Waals surface area (Å²) in [5, 5.41) is 5.09. The van der Waals surface area contributed by atoms with Gasteiger partial charge >= 0.3 is 0 Å². The molecule has 0 saturated carbocycles. The van der Waals surface area contributed by atoms with Crippen molar-refractivity contribution in [3.8, 4) is 5.75 Å². The van der Waals surface area contributed by atoms with Crippen LogP contribution < -0.4 is 10.1 Å². The Morgan fingerprint density at radius 3 is 2.48 bits per heavy atom. The third-order valence-corrected chi connectivity index (χ3v) is 4.23. The molecule has 0 aliphatic heterocycles. The Morgan fingerprint density at radius 1 is 1.00 bits per heavy atom. The zero-order chi connectivity index (χ0) is 16.2. The van der Waals surface area contributed by atoms with Gasteiger partial charge in [0, 0.05) is 4.47 Å². The molecule has 3 aromatic rings. The summed E-state index contributed by atoms with van der Waals surface area (Å²) in [7, 11) is 0. The molecule has 0 saturated heterocycles. The van der Waals surface area contributed by atoms with Crippen LogP contribution in [0.15, 0.2) is 71.2 Å². The summed E-state index contributed by atoms with van der Waals surface area (Å²) in [4.78, 5) is 12.3. The van der Waals surface area contributed by atoms with Gasteiger partial charge in [0.1, 0.15) is 5.75 Å². The molecule has 0 bridgehead atoms. The standard InChI is InChI=1S/C19H16BrNO2/c1-13(19(22)21-18-9-5-4-8-17(18)20)23-16-11-10-14-6-2-3-7-15(14)12-16/h2-13H,1H3,(H,21,22)/t13-/m1/s1.